The highest BCUT2D eigenvalue weighted by Crippen LogP contribution is 2.31. The summed E-state index contributed by atoms with van der Waals surface area (Å²) in [6.45, 7) is 2.29. The van der Waals surface area contributed by atoms with Gasteiger partial charge in [0.05, 0.1) is 23.5 Å². The first-order valence-corrected chi connectivity index (χ1v) is 12.8. The van der Waals surface area contributed by atoms with Crippen LogP contribution < -0.4 is 16.1 Å². The van der Waals surface area contributed by atoms with Gasteiger partial charge in [0, 0.05) is 0 Å². The average Bonchev–Trinajstić information content (AvgIpc) is 3.56. The highest BCUT2D eigenvalue weighted by Gasteiger charge is 2.23. The van der Waals surface area contributed by atoms with Crippen molar-refractivity contribution in [1.29, 1.82) is 0 Å². The van der Waals surface area contributed by atoms with Crippen LogP contribution >= 0.6 is 0 Å². The molecule has 1 aliphatic rings. The van der Waals surface area contributed by atoms with Gasteiger partial charge in [0.15, 0.2) is 21.4 Å². The number of benzene rings is 2. The third kappa shape index (κ3) is 6.10. The van der Waals surface area contributed by atoms with Crippen LogP contribution in [0.2, 0.25) is 0 Å². The van der Waals surface area contributed by atoms with Gasteiger partial charge in [-0.15, -0.1) is 0 Å². The van der Waals surface area contributed by atoms with Gasteiger partial charge in [-0.1, -0.05) is 19.1 Å². The van der Waals surface area contributed by atoms with Gasteiger partial charge in [0.25, 0.3) is 5.56 Å². The molecule has 1 heterocycles. The Morgan fingerprint density at radius 2 is 1.97 bits per heavy atom. The average molecular weight is 476 g/mol. The molecule has 33 heavy (non-hydrogen) atoms. The quantitative estimate of drug-likeness (QED) is 0.481. The lowest BCUT2D eigenvalue weighted by atomic mass is 10.0. The number of H-pyrrole nitrogens is 1. The molecule has 1 fully saturated rings. The molecule has 9 heteroatoms. The number of ether oxygens (including phenoxy) is 1. The Morgan fingerprint density at radius 1 is 1.18 bits per heavy atom. The Morgan fingerprint density at radius 3 is 2.73 bits per heavy atom. The Bertz CT molecular complexity index is 1370. The molecule has 0 amide bonds. The van der Waals surface area contributed by atoms with E-state index in [4.69, 9.17) is 9.15 Å². The molecule has 4 rings (SSSR count). The molecule has 1 aromatic heterocycles. The summed E-state index contributed by atoms with van der Waals surface area (Å²) in [6.07, 6.45) is 3.03. The van der Waals surface area contributed by atoms with E-state index in [1.54, 1.807) is 37.3 Å². The van der Waals surface area contributed by atoms with E-state index in [-0.39, 0.29) is 34.1 Å². The molecule has 0 radical (unpaired) electrons. The smallest absolute Gasteiger partial charge is 0.419 e. The standard InChI is InChI=1S/C24H26FNO6S/c1-15(18-7-9-20(25)22(12-18)31-13-17-4-5-17)14-33(29,30)10-2-3-16-6-8-19-21(11-16)32-24(28)26-23(19)27/h6-9,11-12,15,17H,2-5,10,13-14H2,1H3,(H,26,27,28)/t15-/m0/s1. The second-order valence-electron chi connectivity index (χ2n) is 8.74. The molecule has 176 valence electrons. The second-order valence-corrected chi connectivity index (χ2v) is 11.0. The number of aryl methyl sites for hydroxylation is 1. The van der Waals surface area contributed by atoms with Crippen molar-refractivity contribution < 1.29 is 22.0 Å². The highest BCUT2D eigenvalue weighted by atomic mass is 32.2. The number of nitrogens with one attached hydrogen (secondary N) is 1. The number of aromatic amines is 1. The third-order valence-electron chi connectivity index (χ3n) is 5.83. The van der Waals surface area contributed by atoms with Gasteiger partial charge >= 0.3 is 5.76 Å². The predicted octanol–water partition coefficient (Wildman–Crippen LogP) is 3.56. The molecular formula is C24H26FNO6S. The fraction of sp³-hybridized carbons (Fsp3) is 0.417. The maximum atomic E-state index is 14.0. The summed E-state index contributed by atoms with van der Waals surface area (Å²) in [6, 6.07) is 9.38. The van der Waals surface area contributed by atoms with E-state index in [2.05, 4.69) is 4.98 Å². The number of sulfone groups is 1. The number of rotatable bonds is 10. The Labute approximate surface area is 190 Å². The van der Waals surface area contributed by atoms with Gasteiger partial charge in [0.1, 0.15) is 5.58 Å². The van der Waals surface area contributed by atoms with Crippen LogP contribution in [0.25, 0.3) is 11.0 Å². The first-order valence-electron chi connectivity index (χ1n) is 11.0. The van der Waals surface area contributed by atoms with Crippen LogP contribution in [0.1, 0.15) is 43.2 Å². The van der Waals surface area contributed by atoms with Crippen molar-refractivity contribution in [3.8, 4) is 5.75 Å². The van der Waals surface area contributed by atoms with Gasteiger partial charge in [0.2, 0.25) is 0 Å². The number of aromatic nitrogens is 1. The maximum absolute atomic E-state index is 14.0. The van der Waals surface area contributed by atoms with Crippen LogP contribution in [0.4, 0.5) is 4.39 Å². The number of halogens is 1. The zero-order chi connectivity index (χ0) is 23.6. The second kappa shape index (κ2) is 9.51. The SMILES string of the molecule is C[C@@H](CS(=O)(=O)CCCc1ccc2c(=O)[nH]c(=O)oc2c1)c1ccc(F)c(OCC2CC2)c1. The van der Waals surface area contributed by atoms with Gasteiger partial charge in [-0.25, -0.2) is 17.6 Å². The molecule has 1 N–H and O–H groups in total. The molecule has 0 bridgehead atoms. The molecule has 1 saturated carbocycles. The van der Waals surface area contributed by atoms with Crippen LogP contribution in [0.3, 0.4) is 0 Å². The van der Waals surface area contributed by atoms with Gasteiger partial charge < -0.3 is 9.15 Å². The maximum Gasteiger partial charge on any atom is 0.419 e. The zero-order valence-corrected chi connectivity index (χ0v) is 19.1. The first kappa shape index (κ1) is 23.2. The molecule has 0 unspecified atom stereocenters. The van der Waals surface area contributed by atoms with Crippen molar-refractivity contribution in [2.24, 2.45) is 5.92 Å². The van der Waals surface area contributed by atoms with Gasteiger partial charge in [-0.3, -0.25) is 9.78 Å². The monoisotopic (exact) mass is 475 g/mol. The number of fused-ring (bicyclic) bond motifs is 1. The molecule has 1 atom stereocenters. The van der Waals surface area contributed by atoms with Crippen molar-refractivity contribution >= 4 is 20.8 Å². The minimum absolute atomic E-state index is 0.0130. The molecule has 2 aromatic carbocycles. The molecule has 3 aromatic rings. The molecule has 0 spiro atoms. The van der Waals surface area contributed by atoms with Crippen LogP contribution in [-0.4, -0.2) is 31.5 Å². The highest BCUT2D eigenvalue weighted by molar-refractivity contribution is 7.91. The van der Waals surface area contributed by atoms with Gasteiger partial charge in [-0.05, 0) is 72.9 Å². The lowest BCUT2D eigenvalue weighted by molar-refractivity contribution is 0.285. The topological polar surface area (TPSA) is 106 Å². The summed E-state index contributed by atoms with van der Waals surface area (Å²) in [5.74, 6) is -0.981. The Hall–Kier alpha value is -2.94. The number of hydrogen-bond acceptors (Lipinski definition) is 6. The molecule has 0 aliphatic heterocycles. The normalized spacial score (nSPS) is 15.0. The van der Waals surface area contributed by atoms with Gasteiger partial charge in [-0.2, -0.15) is 0 Å². The summed E-state index contributed by atoms with van der Waals surface area (Å²) in [4.78, 5) is 25.2. The summed E-state index contributed by atoms with van der Waals surface area (Å²) < 4.78 is 50.0. The van der Waals surface area contributed by atoms with E-state index in [0.29, 0.717) is 25.4 Å². The van der Waals surface area contributed by atoms with E-state index >= 15 is 0 Å². The predicted molar refractivity (Wildman–Crippen MR) is 123 cm³/mol. The summed E-state index contributed by atoms with van der Waals surface area (Å²) in [5.41, 5.74) is 1.15. The van der Waals surface area contributed by atoms with Crippen molar-refractivity contribution in [2.75, 3.05) is 18.1 Å². The minimum atomic E-state index is -3.36. The zero-order valence-electron chi connectivity index (χ0n) is 18.3. The summed E-state index contributed by atoms with van der Waals surface area (Å²) in [5, 5.41) is 0.263. The fourth-order valence-corrected chi connectivity index (χ4v) is 5.47. The van der Waals surface area contributed by atoms with E-state index in [1.807, 2.05) is 0 Å². The van der Waals surface area contributed by atoms with Crippen molar-refractivity contribution in [3.63, 3.8) is 0 Å². The summed E-state index contributed by atoms with van der Waals surface area (Å²) in [7, 11) is -3.36. The van der Waals surface area contributed by atoms with E-state index in [1.165, 1.54) is 6.07 Å². The van der Waals surface area contributed by atoms with Crippen LogP contribution in [0.5, 0.6) is 5.75 Å². The van der Waals surface area contributed by atoms with Crippen molar-refractivity contribution in [1.82, 2.24) is 4.98 Å². The molecule has 7 nitrogen and oxygen atoms in total. The minimum Gasteiger partial charge on any atom is -0.490 e. The Balaban J connectivity index is 1.35. The molecular weight excluding hydrogens is 449 g/mol. The lowest BCUT2D eigenvalue weighted by Gasteiger charge is -2.15. The lowest BCUT2D eigenvalue weighted by Crippen LogP contribution is -2.18. The van der Waals surface area contributed by atoms with Crippen molar-refractivity contribution in [2.45, 2.75) is 38.5 Å². The van der Waals surface area contributed by atoms with Crippen LogP contribution in [0.15, 0.2) is 50.4 Å². The molecule has 0 saturated heterocycles. The van der Waals surface area contributed by atoms with Crippen molar-refractivity contribution in [3.05, 3.63) is 74.2 Å². The largest absolute Gasteiger partial charge is 0.490 e. The number of hydrogen-bond donors (Lipinski definition) is 1. The van der Waals surface area contributed by atoms with Crippen LogP contribution in [0, 0.1) is 11.7 Å². The molecule has 1 aliphatic carbocycles. The summed E-state index contributed by atoms with van der Waals surface area (Å²) >= 11 is 0. The Kier molecular flexibility index (Phi) is 6.69. The first-order chi connectivity index (χ1) is 15.7. The van der Waals surface area contributed by atoms with Crippen LogP contribution in [-0.2, 0) is 16.3 Å². The van der Waals surface area contributed by atoms with E-state index < -0.39 is 27.0 Å². The fourth-order valence-electron chi connectivity index (χ4n) is 3.77. The van der Waals surface area contributed by atoms with E-state index in [0.717, 1.165) is 24.0 Å². The third-order valence-corrected chi connectivity index (χ3v) is 7.75. The van der Waals surface area contributed by atoms with E-state index in [9.17, 15) is 22.4 Å².